The summed E-state index contributed by atoms with van der Waals surface area (Å²) < 4.78 is 17.2. The van der Waals surface area contributed by atoms with E-state index in [1.54, 1.807) is 6.92 Å². The number of esters is 2. The van der Waals surface area contributed by atoms with Gasteiger partial charge in [0.1, 0.15) is 12.2 Å². The monoisotopic (exact) mass is 380 g/mol. The minimum Gasteiger partial charge on any atom is -0.461 e. The minimum absolute atomic E-state index is 0.226. The predicted octanol–water partition coefficient (Wildman–Crippen LogP) is 1.62. The van der Waals surface area contributed by atoms with Crippen molar-refractivity contribution < 1.29 is 34.0 Å². The molecule has 0 aromatic rings. The Hall–Kier alpha value is -1.70. The average molecular weight is 380 g/mol. The number of carbonyl (C=O) groups excluding carboxylic acids is 2. The third kappa shape index (κ3) is 3.56. The number of aliphatic hydroxyl groups excluding tert-OH is 1. The molecule has 0 aliphatic carbocycles. The number of hydrogen-bond donors (Lipinski definition) is 2. The summed E-state index contributed by atoms with van der Waals surface area (Å²) in [5.74, 6) is -3.40. The fraction of sp³-hybridized carbons (Fsp3) is 0.700. The lowest BCUT2D eigenvalue weighted by Gasteiger charge is -2.33. The lowest BCUT2D eigenvalue weighted by atomic mass is 9.81. The molecule has 3 rings (SSSR count). The smallest absolute Gasteiger partial charge is 0.334 e. The molecule has 7 nitrogen and oxygen atoms in total. The summed E-state index contributed by atoms with van der Waals surface area (Å²) in [7, 11) is 0. The van der Waals surface area contributed by atoms with Crippen molar-refractivity contribution in [2.75, 3.05) is 6.61 Å². The van der Waals surface area contributed by atoms with Crippen molar-refractivity contribution in [3.8, 4) is 0 Å². The number of hydrogen-bond acceptors (Lipinski definition) is 7. The van der Waals surface area contributed by atoms with Crippen LogP contribution in [-0.4, -0.2) is 52.4 Å². The number of ether oxygens (including phenoxy) is 3. The molecule has 0 aromatic heterocycles. The van der Waals surface area contributed by atoms with E-state index in [1.165, 1.54) is 6.08 Å². The van der Waals surface area contributed by atoms with E-state index < -0.39 is 42.1 Å². The Labute approximate surface area is 159 Å². The topological polar surface area (TPSA) is 102 Å². The first-order valence-electron chi connectivity index (χ1n) is 9.47. The summed E-state index contributed by atoms with van der Waals surface area (Å²) >= 11 is 0. The van der Waals surface area contributed by atoms with Crippen molar-refractivity contribution >= 4 is 11.9 Å². The third-order valence-corrected chi connectivity index (χ3v) is 6.02. The van der Waals surface area contributed by atoms with Crippen LogP contribution in [0.4, 0.5) is 0 Å². The highest BCUT2D eigenvalue weighted by Crippen LogP contribution is 2.47. The van der Waals surface area contributed by atoms with Gasteiger partial charge in [-0.2, -0.15) is 0 Å². The maximum absolute atomic E-state index is 12.5. The molecule has 3 aliphatic rings. The Morgan fingerprint density at radius 3 is 2.81 bits per heavy atom. The molecule has 3 heterocycles. The van der Waals surface area contributed by atoms with Crippen LogP contribution < -0.4 is 0 Å². The first kappa shape index (κ1) is 20.0. The molecule has 0 saturated carbocycles. The second-order valence-electron chi connectivity index (χ2n) is 8.10. The van der Waals surface area contributed by atoms with E-state index in [1.807, 2.05) is 13.8 Å². The average Bonchev–Trinajstić information content (AvgIpc) is 3.08. The molecule has 3 aliphatic heterocycles. The second kappa shape index (κ2) is 7.04. The molecular weight excluding hydrogens is 352 g/mol. The van der Waals surface area contributed by atoms with Crippen LogP contribution in [0.15, 0.2) is 23.8 Å². The van der Waals surface area contributed by atoms with Crippen LogP contribution in [0.1, 0.15) is 46.5 Å². The first-order valence-corrected chi connectivity index (χ1v) is 9.47. The van der Waals surface area contributed by atoms with E-state index in [0.29, 0.717) is 25.7 Å². The Kier molecular flexibility index (Phi) is 5.22. The van der Waals surface area contributed by atoms with Crippen LogP contribution in [0, 0.1) is 11.8 Å². The van der Waals surface area contributed by atoms with Crippen molar-refractivity contribution in [1.82, 2.24) is 0 Å². The van der Waals surface area contributed by atoms with Gasteiger partial charge in [-0.25, -0.2) is 4.79 Å². The fourth-order valence-corrected chi connectivity index (χ4v) is 4.10. The maximum atomic E-state index is 12.5. The summed E-state index contributed by atoms with van der Waals surface area (Å²) in [5, 5.41) is 20.7. The lowest BCUT2D eigenvalue weighted by molar-refractivity contribution is -0.206. The van der Waals surface area contributed by atoms with Gasteiger partial charge >= 0.3 is 11.9 Å². The minimum atomic E-state index is -1.63. The maximum Gasteiger partial charge on any atom is 0.334 e. The first-order chi connectivity index (χ1) is 12.6. The molecule has 1 unspecified atom stereocenters. The van der Waals surface area contributed by atoms with Crippen LogP contribution in [0.3, 0.4) is 0 Å². The standard InChI is InChI=1S/C20H28O7/c1-5-11(2)17(22)26-15-9-19(4)6-7-20(24,27-19)13(10-21)8-14-16(15)12(3)18(23)25-14/h8,11,14-16,21,24H,3,5-7,9-10H2,1-2,4H3/b13-8-/t11?,14-,15-,16+,19-,20-/m1/s1. The van der Waals surface area contributed by atoms with Gasteiger partial charge in [-0.1, -0.05) is 20.4 Å². The normalized spacial score (nSPS) is 41.5. The van der Waals surface area contributed by atoms with E-state index >= 15 is 0 Å². The summed E-state index contributed by atoms with van der Waals surface area (Å²) in [5.41, 5.74) is -0.300. The Morgan fingerprint density at radius 2 is 2.19 bits per heavy atom. The Morgan fingerprint density at radius 1 is 1.48 bits per heavy atom. The molecule has 7 heteroatoms. The van der Waals surface area contributed by atoms with Crippen molar-refractivity contribution in [3.63, 3.8) is 0 Å². The predicted molar refractivity (Wildman–Crippen MR) is 95.3 cm³/mol. The van der Waals surface area contributed by atoms with Crippen LogP contribution in [0.2, 0.25) is 0 Å². The fourth-order valence-electron chi connectivity index (χ4n) is 4.10. The van der Waals surface area contributed by atoms with E-state index in [0.717, 1.165) is 0 Å². The zero-order valence-corrected chi connectivity index (χ0v) is 16.1. The van der Waals surface area contributed by atoms with Gasteiger partial charge in [-0.05, 0) is 25.8 Å². The van der Waals surface area contributed by atoms with E-state index in [9.17, 15) is 19.8 Å². The van der Waals surface area contributed by atoms with Crippen molar-refractivity contribution in [3.05, 3.63) is 23.8 Å². The van der Waals surface area contributed by atoms with Gasteiger partial charge in [0.25, 0.3) is 0 Å². The van der Waals surface area contributed by atoms with Gasteiger partial charge < -0.3 is 24.4 Å². The van der Waals surface area contributed by atoms with Gasteiger partial charge in [-0.3, -0.25) is 4.79 Å². The zero-order valence-electron chi connectivity index (χ0n) is 16.1. The molecule has 0 spiro atoms. The highest BCUT2D eigenvalue weighted by molar-refractivity contribution is 5.91. The van der Waals surface area contributed by atoms with Gasteiger partial charge in [-0.15, -0.1) is 0 Å². The van der Waals surface area contributed by atoms with Gasteiger partial charge in [0.2, 0.25) is 0 Å². The molecule has 27 heavy (non-hydrogen) atoms. The molecule has 6 atom stereocenters. The molecule has 2 bridgehead atoms. The van der Waals surface area contributed by atoms with Gasteiger partial charge in [0.15, 0.2) is 5.79 Å². The van der Waals surface area contributed by atoms with Crippen LogP contribution >= 0.6 is 0 Å². The number of aliphatic hydroxyl groups is 2. The van der Waals surface area contributed by atoms with E-state index in [-0.39, 0.29) is 23.0 Å². The number of rotatable bonds is 4. The molecule has 2 fully saturated rings. The molecule has 2 saturated heterocycles. The molecule has 150 valence electrons. The lowest BCUT2D eigenvalue weighted by Crippen LogP contribution is -2.41. The van der Waals surface area contributed by atoms with Crippen LogP contribution in [-0.2, 0) is 23.8 Å². The largest absolute Gasteiger partial charge is 0.461 e. The summed E-state index contributed by atoms with van der Waals surface area (Å²) in [6.45, 7) is 8.93. The summed E-state index contributed by atoms with van der Waals surface area (Å²) in [6.07, 6.45) is 1.81. The summed E-state index contributed by atoms with van der Waals surface area (Å²) in [6, 6.07) is 0. The molecule has 0 amide bonds. The number of carbonyl (C=O) groups is 2. The van der Waals surface area contributed by atoms with Crippen molar-refractivity contribution in [2.45, 2.75) is 70.1 Å². The van der Waals surface area contributed by atoms with Crippen molar-refractivity contribution in [1.29, 1.82) is 0 Å². The Bertz CT molecular complexity index is 684. The highest BCUT2D eigenvalue weighted by Gasteiger charge is 2.54. The third-order valence-electron chi connectivity index (χ3n) is 6.02. The molecule has 2 N–H and O–H groups in total. The van der Waals surface area contributed by atoms with Gasteiger partial charge in [0.05, 0.1) is 24.0 Å². The molecule has 0 aromatic carbocycles. The SMILES string of the molecule is C=C1C(=O)O[C@@H]2/C=C(/CO)[C@@]3(O)CC[C@](C)(C[C@@H](OC(=O)C(C)CC)[C@@H]12)O3. The summed E-state index contributed by atoms with van der Waals surface area (Å²) in [4.78, 5) is 24.6. The zero-order chi connectivity index (χ0) is 20.0. The van der Waals surface area contributed by atoms with E-state index in [2.05, 4.69) is 6.58 Å². The Balaban J connectivity index is 2.03. The molecule has 0 radical (unpaired) electrons. The quantitative estimate of drug-likeness (QED) is 0.434. The highest BCUT2D eigenvalue weighted by atomic mass is 16.6. The number of fused-ring (bicyclic) bond motifs is 3. The van der Waals surface area contributed by atoms with Gasteiger partial charge in [0, 0.05) is 24.0 Å². The molecular formula is C20H28O7. The van der Waals surface area contributed by atoms with Crippen LogP contribution in [0.5, 0.6) is 0 Å². The van der Waals surface area contributed by atoms with Crippen LogP contribution in [0.25, 0.3) is 0 Å². The van der Waals surface area contributed by atoms with Crippen molar-refractivity contribution in [2.24, 2.45) is 11.8 Å². The second-order valence-corrected chi connectivity index (χ2v) is 8.10. The van der Waals surface area contributed by atoms with E-state index in [4.69, 9.17) is 14.2 Å².